The van der Waals surface area contributed by atoms with Crippen molar-refractivity contribution in [2.24, 2.45) is 5.92 Å². The molecular weight excluding hydrogens is 561 g/mol. The number of benzene rings is 3. The van der Waals surface area contributed by atoms with Crippen LogP contribution in [0.25, 0.3) is 21.9 Å². The Labute approximate surface area is 279 Å². The van der Waals surface area contributed by atoms with Crippen LogP contribution in [0.15, 0.2) is 78.9 Å². The molecular formula is C36H36N3NaO4. The van der Waals surface area contributed by atoms with Crippen molar-refractivity contribution in [3.63, 3.8) is 0 Å². The number of hydrogen-bond donors (Lipinski definition) is 1. The van der Waals surface area contributed by atoms with Gasteiger partial charge >= 0.3 is 29.6 Å². The number of carbonyl (C=O) groups excluding carboxylic acids is 2. The number of aromatic nitrogens is 2. The van der Waals surface area contributed by atoms with Crippen LogP contribution in [0.2, 0.25) is 0 Å². The number of carboxylic acids is 1. The number of para-hydroxylation sites is 1. The van der Waals surface area contributed by atoms with Crippen molar-refractivity contribution < 1.29 is 49.0 Å². The molecule has 3 aromatic carbocycles. The average molecular weight is 598 g/mol. The molecule has 44 heavy (non-hydrogen) atoms. The number of ether oxygens (including phenoxy) is 1. The Morgan fingerprint density at radius 1 is 0.955 bits per heavy atom. The summed E-state index contributed by atoms with van der Waals surface area (Å²) in [5.74, 6) is -1.08. The fraction of sp³-hybridized carbons (Fsp3) is 0.306. The van der Waals surface area contributed by atoms with Gasteiger partial charge in [-0.05, 0) is 66.5 Å². The predicted octanol–water partition coefficient (Wildman–Crippen LogP) is 1.98. The number of fused-ring (bicyclic) bond motifs is 3. The second kappa shape index (κ2) is 14.1. The molecule has 8 heteroatoms. The molecule has 2 aromatic heterocycles. The second-order valence-corrected chi connectivity index (χ2v) is 11.5. The minimum absolute atomic E-state index is 0. The van der Waals surface area contributed by atoms with Crippen molar-refractivity contribution in [2.45, 2.75) is 52.1 Å². The SMILES string of the molecule is Cc1nc2c(c(C)c1CC(=O)[O-])c1ccccc1n2Cc1ccc(C(C(=O)NCc2ccccc2)C2CCOCC2)cc1.[Na+]. The molecule has 0 bridgehead atoms. The van der Waals surface area contributed by atoms with Crippen LogP contribution in [0.4, 0.5) is 0 Å². The molecule has 1 N–H and O–H groups in total. The summed E-state index contributed by atoms with van der Waals surface area (Å²) in [6.45, 7) is 6.28. The molecule has 1 saturated heterocycles. The van der Waals surface area contributed by atoms with Gasteiger partial charge in [-0.15, -0.1) is 0 Å². The van der Waals surface area contributed by atoms with E-state index in [-0.39, 0.29) is 53.7 Å². The van der Waals surface area contributed by atoms with Gasteiger partial charge in [0.1, 0.15) is 5.65 Å². The third-order valence-electron chi connectivity index (χ3n) is 8.81. The summed E-state index contributed by atoms with van der Waals surface area (Å²) >= 11 is 0. The van der Waals surface area contributed by atoms with E-state index in [1.54, 1.807) is 0 Å². The minimum atomic E-state index is -1.11. The Morgan fingerprint density at radius 2 is 1.64 bits per heavy atom. The number of aryl methyl sites for hydroxylation is 2. The smallest absolute Gasteiger partial charge is 0.550 e. The molecule has 0 aliphatic carbocycles. The van der Waals surface area contributed by atoms with E-state index in [2.05, 4.69) is 46.3 Å². The Kier molecular flexibility index (Phi) is 10.2. The third kappa shape index (κ3) is 6.61. The van der Waals surface area contributed by atoms with Crippen LogP contribution < -0.4 is 40.0 Å². The van der Waals surface area contributed by atoms with Crippen LogP contribution in [0, 0.1) is 19.8 Å². The topological polar surface area (TPSA) is 96.3 Å². The first-order chi connectivity index (χ1) is 20.9. The molecule has 0 saturated carbocycles. The molecule has 1 amide bonds. The van der Waals surface area contributed by atoms with Gasteiger partial charge in [0.25, 0.3) is 0 Å². The maximum atomic E-state index is 13.6. The first-order valence-electron chi connectivity index (χ1n) is 15.0. The molecule has 0 radical (unpaired) electrons. The van der Waals surface area contributed by atoms with Gasteiger partial charge in [-0.3, -0.25) is 4.79 Å². The van der Waals surface area contributed by atoms with E-state index in [4.69, 9.17) is 9.72 Å². The summed E-state index contributed by atoms with van der Waals surface area (Å²) in [6.07, 6.45) is 1.56. The molecule has 220 valence electrons. The van der Waals surface area contributed by atoms with Gasteiger partial charge in [0.15, 0.2) is 0 Å². The zero-order valence-electron chi connectivity index (χ0n) is 25.6. The van der Waals surface area contributed by atoms with Crippen molar-refractivity contribution >= 4 is 33.8 Å². The minimum Gasteiger partial charge on any atom is -0.550 e. The fourth-order valence-corrected chi connectivity index (χ4v) is 6.58. The predicted molar refractivity (Wildman–Crippen MR) is 166 cm³/mol. The molecule has 0 spiro atoms. The first kappa shape index (κ1) is 31.9. The van der Waals surface area contributed by atoms with Gasteiger partial charge < -0.3 is 24.5 Å². The van der Waals surface area contributed by atoms with Crippen LogP contribution in [0.5, 0.6) is 0 Å². The molecule has 1 atom stereocenters. The quantitative estimate of drug-likeness (QED) is 0.262. The van der Waals surface area contributed by atoms with Crippen LogP contribution >= 0.6 is 0 Å². The van der Waals surface area contributed by atoms with Crippen molar-refractivity contribution in [3.8, 4) is 0 Å². The number of amides is 1. The third-order valence-corrected chi connectivity index (χ3v) is 8.81. The maximum Gasteiger partial charge on any atom is 1.00 e. The number of nitrogens with zero attached hydrogens (tertiary/aromatic N) is 2. The maximum absolute atomic E-state index is 13.6. The number of hydrogen-bond acceptors (Lipinski definition) is 5. The molecule has 7 nitrogen and oxygen atoms in total. The average Bonchev–Trinajstić information content (AvgIpc) is 3.33. The van der Waals surface area contributed by atoms with Crippen molar-refractivity contribution in [1.29, 1.82) is 0 Å². The van der Waals surface area contributed by atoms with Gasteiger partial charge in [0.2, 0.25) is 5.91 Å². The molecule has 1 aliphatic heterocycles. The van der Waals surface area contributed by atoms with E-state index < -0.39 is 5.97 Å². The van der Waals surface area contributed by atoms with Crippen LogP contribution in [0.1, 0.15) is 52.3 Å². The Bertz CT molecular complexity index is 1780. The van der Waals surface area contributed by atoms with Crippen LogP contribution in [-0.2, 0) is 33.8 Å². The van der Waals surface area contributed by atoms with Crippen molar-refractivity contribution in [3.05, 3.63) is 112 Å². The van der Waals surface area contributed by atoms with Gasteiger partial charge in [-0.2, -0.15) is 0 Å². The van der Waals surface area contributed by atoms with Gasteiger partial charge in [0.05, 0.1) is 11.4 Å². The number of aliphatic carboxylic acids is 1. The zero-order valence-corrected chi connectivity index (χ0v) is 27.6. The molecule has 3 heterocycles. The Hall–Kier alpha value is -3.49. The van der Waals surface area contributed by atoms with Gasteiger partial charge in [0, 0.05) is 55.2 Å². The largest absolute Gasteiger partial charge is 1.00 e. The van der Waals surface area contributed by atoms with E-state index >= 15 is 0 Å². The molecule has 1 aliphatic rings. The second-order valence-electron chi connectivity index (χ2n) is 11.5. The summed E-state index contributed by atoms with van der Waals surface area (Å²) in [6, 6.07) is 26.5. The summed E-state index contributed by atoms with van der Waals surface area (Å²) in [5, 5.41) is 16.7. The van der Waals surface area contributed by atoms with Crippen molar-refractivity contribution in [2.75, 3.05) is 13.2 Å². The zero-order chi connectivity index (χ0) is 29.9. The van der Waals surface area contributed by atoms with E-state index in [1.165, 1.54) is 0 Å². The van der Waals surface area contributed by atoms with Crippen molar-refractivity contribution in [1.82, 2.24) is 14.9 Å². The Balaban J connectivity index is 0.00000384. The van der Waals surface area contributed by atoms with Crippen LogP contribution in [0.3, 0.4) is 0 Å². The van der Waals surface area contributed by atoms with E-state index in [1.807, 2.05) is 56.3 Å². The number of carboxylic acid groups (broad SMARTS) is 1. The number of nitrogens with one attached hydrogen (secondary N) is 1. The Morgan fingerprint density at radius 3 is 2.34 bits per heavy atom. The van der Waals surface area contributed by atoms with Gasteiger partial charge in [-0.1, -0.05) is 72.8 Å². The standard InChI is InChI=1S/C36H37N3O4.Na/c1-23-30(20-32(40)41)24(2)38-35-33(23)29-10-6-7-11-31(29)39(35)22-26-12-14-27(15-13-26)34(28-16-18-43-19-17-28)36(42)37-21-25-8-4-3-5-9-25;/h3-15,28,34H,16-22H2,1-2H3,(H,37,42)(H,40,41);/q;+1/p-1. The fourth-order valence-electron chi connectivity index (χ4n) is 6.58. The van der Waals surface area contributed by atoms with E-state index in [0.29, 0.717) is 37.6 Å². The summed E-state index contributed by atoms with van der Waals surface area (Å²) in [5.41, 5.74) is 7.41. The summed E-state index contributed by atoms with van der Waals surface area (Å²) in [7, 11) is 0. The first-order valence-corrected chi connectivity index (χ1v) is 15.0. The molecule has 5 aromatic rings. The van der Waals surface area contributed by atoms with E-state index in [9.17, 15) is 14.7 Å². The number of rotatable bonds is 9. The normalized spacial score (nSPS) is 14.3. The molecule has 1 unspecified atom stereocenters. The molecule has 6 rings (SSSR count). The van der Waals surface area contributed by atoms with E-state index in [0.717, 1.165) is 57.0 Å². The molecule has 1 fully saturated rings. The summed E-state index contributed by atoms with van der Waals surface area (Å²) < 4.78 is 7.81. The monoisotopic (exact) mass is 597 g/mol. The summed E-state index contributed by atoms with van der Waals surface area (Å²) in [4.78, 5) is 30.0. The number of pyridine rings is 1. The number of carbonyl (C=O) groups is 2. The van der Waals surface area contributed by atoms with Gasteiger partial charge in [-0.25, -0.2) is 4.98 Å². The van der Waals surface area contributed by atoms with Crippen LogP contribution in [-0.4, -0.2) is 34.6 Å².